The topological polar surface area (TPSA) is 66.8 Å². The van der Waals surface area contributed by atoms with Crippen molar-refractivity contribution in [3.8, 4) is 0 Å². The van der Waals surface area contributed by atoms with Gasteiger partial charge in [-0.1, -0.05) is 0 Å². The minimum absolute atomic E-state index is 0.00523. The van der Waals surface area contributed by atoms with Crippen LogP contribution in [0.2, 0.25) is 0 Å². The van der Waals surface area contributed by atoms with E-state index in [1.54, 1.807) is 0 Å². The van der Waals surface area contributed by atoms with Gasteiger partial charge in [-0.2, -0.15) is 0 Å². The van der Waals surface area contributed by atoms with Crippen LogP contribution in [0.15, 0.2) is 11.3 Å². The highest BCUT2D eigenvalue weighted by atomic mass is 16.5. The molecule has 1 aliphatic heterocycles. The number of ether oxygens (including phenoxy) is 1. The lowest BCUT2D eigenvalue weighted by Crippen LogP contribution is -2.36. The van der Waals surface area contributed by atoms with E-state index in [0.717, 1.165) is 0 Å². The largest absolute Gasteiger partial charge is 0.512 e. The van der Waals surface area contributed by atoms with Gasteiger partial charge in [0.25, 0.3) is 0 Å². The van der Waals surface area contributed by atoms with Gasteiger partial charge in [0.2, 0.25) is 0 Å². The summed E-state index contributed by atoms with van der Waals surface area (Å²) in [6, 6.07) is 0. The first kappa shape index (κ1) is 9.52. The first-order chi connectivity index (χ1) is 6.58. The summed E-state index contributed by atoms with van der Waals surface area (Å²) in [5.41, 5.74) is 0.383. The molecule has 4 nitrogen and oxygen atoms in total. The normalized spacial score (nSPS) is 37.9. The lowest BCUT2D eigenvalue weighted by atomic mass is 9.80. The summed E-state index contributed by atoms with van der Waals surface area (Å²) in [4.78, 5) is 11.4. The molecular weight excluding hydrogens is 184 g/mol. The Morgan fingerprint density at radius 2 is 2.14 bits per heavy atom. The Balaban J connectivity index is 2.30. The van der Waals surface area contributed by atoms with Crippen LogP contribution in [-0.2, 0) is 9.53 Å². The fourth-order valence-electron chi connectivity index (χ4n) is 2.29. The predicted octanol–water partition coefficient (Wildman–Crippen LogP) is 0.905. The van der Waals surface area contributed by atoms with E-state index in [1.807, 2.05) is 6.92 Å². The van der Waals surface area contributed by atoms with Gasteiger partial charge in [-0.05, 0) is 19.8 Å². The molecule has 1 aliphatic carbocycles. The Morgan fingerprint density at radius 1 is 1.43 bits per heavy atom. The molecule has 0 aromatic rings. The second kappa shape index (κ2) is 3.28. The summed E-state index contributed by atoms with van der Waals surface area (Å²) in [6.45, 7) is 1.83. The second-order valence-electron chi connectivity index (χ2n) is 4.10. The lowest BCUT2D eigenvalue weighted by Gasteiger charge is -2.34. The molecule has 0 saturated carbocycles. The van der Waals surface area contributed by atoms with Crippen LogP contribution in [0.1, 0.15) is 26.2 Å². The molecule has 0 bridgehead atoms. The van der Waals surface area contributed by atoms with Gasteiger partial charge in [0, 0.05) is 12.3 Å². The van der Waals surface area contributed by atoms with Crippen molar-refractivity contribution >= 4 is 5.97 Å². The number of aliphatic hydroxyl groups excluding tert-OH is 2. The van der Waals surface area contributed by atoms with E-state index in [1.165, 1.54) is 0 Å². The number of aliphatic hydroxyl groups is 2. The fraction of sp³-hybridized carbons (Fsp3) is 0.700. The van der Waals surface area contributed by atoms with E-state index >= 15 is 0 Å². The zero-order chi connectivity index (χ0) is 10.3. The van der Waals surface area contributed by atoms with Crippen LogP contribution in [-0.4, -0.2) is 28.4 Å². The highest BCUT2D eigenvalue weighted by Crippen LogP contribution is 2.36. The number of esters is 1. The van der Waals surface area contributed by atoms with E-state index in [0.29, 0.717) is 18.4 Å². The minimum Gasteiger partial charge on any atom is -0.512 e. The fourth-order valence-corrected chi connectivity index (χ4v) is 2.29. The summed E-state index contributed by atoms with van der Waals surface area (Å²) < 4.78 is 5.02. The van der Waals surface area contributed by atoms with Crippen LogP contribution in [0.25, 0.3) is 0 Å². The molecule has 1 saturated heterocycles. The van der Waals surface area contributed by atoms with E-state index in [-0.39, 0.29) is 24.2 Å². The van der Waals surface area contributed by atoms with Crippen molar-refractivity contribution in [2.24, 2.45) is 5.92 Å². The van der Waals surface area contributed by atoms with Crippen molar-refractivity contribution in [3.63, 3.8) is 0 Å². The summed E-state index contributed by atoms with van der Waals surface area (Å²) >= 11 is 0. The molecule has 1 heterocycles. The van der Waals surface area contributed by atoms with Crippen LogP contribution < -0.4 is 0 Å². The second-order valence-corrected chi connectivity index (χ2v) is 4.10. The van der Waals surface area contributed by atoms with Crippen LogP contribution in [0.4, 0.5) is 0 Å². The van der Waals surface area contributed by atoms with Gasteiger partial charge in [-0.15, -0.1) is 0 Å². The van der Waals surface area contributed by atoms with E-state index in [2.05, 4.69) is 0 Å². The average molecular weight is 198 g/mol. The van der Waals surface area contributed by atoms with E-state index in [9.17, 15) is 15.0 Å². The van der Waals surface area contributed by atoms with Crippen LogP contribution >= 0.6 is 0 Å². The maximum Gasteiger partial charge on any atom is 0.337 e. The quantitative estimate of drug-likeness (QED) is 0.568. The molecule has 2 aliphatic rings. The third-order valence-corrected chi connectivity index (χ3v) is 2.85. The number of fused-ring (bicyclic) bond motifs is 1. The third kappa shape index (κ3) is 1.50. The Labute approximate surface area is 82.2 Å². The molecule has 2 rings (SSSR count). The van der Waals surface area contributed by atoms with Crippen molar-refractivity contribution in [2.45, 2.75) is 38.4 Å². The van der Waals surface area contributed by atoms with Crippen molar-refractivity contribution in [1.82, 2.24) is 0 Å². The molecule has 0 amide bonds. The molecule has 14 heavy (non-hydrogen) atoms. The highest BCUT2D eigenvalue weighted by molar-refractivity contribution is 5.90. The monoisotopic (exact) mass is 198 g/mol. The third-order valence-electron chi connectivity index (χ3n) is 2.85. The molecule has 4 heteroatoms. The molecular formula is C10H14O4. The summed E-state index contributed by atoms with van der Waals surface area (Å²) in [7, 11) is 0. The average Bonchev–Trinajstić information content (AvgIpc) is 1.99. The summed E-state index contributed by atoms with van der Waals surface area (Å²) in [5.74, 6) is -0.446. The van der Waals surface area contributed by atoms with Gasteiger partial charge in [0.1, 0.15) is 5.76 Å². The Hall–Kier alpha value is -1.03. The van der Waals surface area contributed by atoms with Crippen molar-refractivity contribution in [2.75, 3.05) is 0 Å². The number of carbonyl (C=O) groups excluding carboxylic acids is 1. The zero-order valence-corrected chi connectivity index (χ0v) is 8.06. The van der Waals surface area contributed by atoms with E-state index < -0.39 is 12.1 Å². The van der Waals surface area contributed by atoms with Gasteiger partial charge in [-0.3, -0.25) is 0 Å². The first-order valence-corrected chi connectivity index (χ1v) is 4.89. The molecule has 3 atom stereocenters. The lowest BCUT2D eigenvalue weighted by molar-refractivity contribution is -0.149. The number of rotatable bonds is 0. The first-order valence-electron chi connectivity index (χ1n) is 4.89. The number of hydrogen-bond donors (Lipinski definition) is 2. The highest BCUT2D eigenvalue weighted by Gasteiger charge is 2.38. The van der Waals surface area contributed by atoms with E-state index in [4.69, 9.17) is 4.74 Å². The molecule has 0 spiro atoms. The Morgan fingerprint density at radius 3 is 2.86 bits per heavy atom. The predicted molar refractivity (Wildman–Crippen MR) is 48.6 cm³/mol. The molecule has 0 aromatic carbocycles. The maximum atomic E-state index is 11.4. The molecule has 0 unspecified atom stereocenters. The van der Waals surface area contributed by atoms with Gasteiger partial charge >= 0.3 is 5.97 Å². The van der Waals surface area contributed by atoms with Crippen LogP contribution in [0.3, 0.4) is 0 Å². The SMILES string of the molecule is C[C@@H]1C[C@@H]2C[C@@H](O)CC(O)=C2C(=O)O1. The van der Waals surface area contributed by atoms with Crippen molar-refractivity contribution < 1.29 is 19.7 Å². The summed E-state index contributed by atoms with van der Waals surface area (Å²) in [6.07, 6.45) is 0.785. The number of cyclic esters (lactones) is 1. The molecule has 2 N–H and O–H groups in total. The van der Waals surface area contributed by atoms with Gasteiger partial charge in [0.15, 0.2) is 0 Å². The van der Waals surface area contributed by atoms with Crippen molar-refractivity contribution in [1.29, 1.82) is 0 Å². The standard InChI is InChI=1S/C10H14O4/c1-5-2-6-3-7(11)4-8(12)9(6)10(13)14-5/h5-7,11-12H,2-4H2,1H3/t5-,6-,7-/m1/s1. The molecule has 1 fully saturated rings. The van der Waals surface area contributed by atoms with Crippen LogP contribution in [0.5, 0.6) is 0 Å². The Kier molecular flexibility index (Phi) is 2.23. The number of carbonyl (C=O) groups is 1. The maximum absolute atomic E-state index is 11.4. The molecule has 78 valence electrons. The molecule has 0 aromatic heterocycles. The van der Waals surface area contributed by atoms with Crippen molar-refractivity contribution in [3.05, 3.63) is 11.3 Å². The smallest absolute Gasteiger partial charge is 0.337 e. The zero-order valence-electron chi connectivity index (χ0n) is 8.06. The van der Waals surface area contributed by atoms with Gasteiger partial charge < -0.3 is 14.9 Å². The summed E-state index contributed by atoms with van der Waals surface area (Å²) in [5, 5.41) is 19.0. The molecule has 0 radical (unpaired) electrons. The Bertz CT molecular complexity index is 294. The number of hydrogen-bond acceptors (Lipinski definition) is 4. The van der Waals surface area contributed by atoms with Crippen LogP contribution in [0, 0.1) is 5.92 Å². The van der Waals surface area contributed by atoms with Gasteiger partial charge in [0.05, 0.1) is 17.8 Å². The minimum atomic E-state index is -0.526. The van der Waals surface area contributed by atoms with Gasteiger partial charge in [-0.25, -0.2) is 4.79 Å².